The van der Waals surface area contributed by atoms with Crippen LogP contribution in [-0.2, 0) is 4.79 Å². The molecule has 7 heteroatoms. The van der Waals surface area contributed by atoms with Crippen molar-refractivity contribution >= 4 is 11.7 Å². The number of carbonyl (C=O) groups excluding carboxylic acids is 2. The number of aliphatic hydroxyl groups excluding tert-OH is 1. The van der Waals surface area contributed by atoms with Gasteiger partial charge in [0.05, 0.1) is 6.04 Å². The monoisotopic (exact) mass is 297 g/mol. The summed E-state index contributed by atoms with van der Waals surface area (Å²) in [5.41, 5.74) is -0.109. The van der Waals surface area contributed by atoms with Gasteiger partial charge in [-0.25, -0.2) is 0 Å². The summed E-state index contributed by atoms with van der Waals surface area (Å²) in [6, 6.07) is 1.08. The Balaban J connectivity index is 2.94. The van der Waals surface area contributed by atoms with Crippen molar-refractivity contribution in [2.45, 2.75) is 26.3 Å². The first-order valence-electron chi connectivity index (χ1n) is 6.45. The number of phenols is 3. The summed E-state index contributed by atoms with van der Waals surface area (Å²) >= 11 is 0. The lowest BCUT2D eigenvalue weighted by molar-refractivity contribution is -0.124. The molecule has 21 heavy (non-hydrogen) atoms. The molecule has 5 N–H and O–H groups in total. The zero-order valence-electron chi connectivity index (χ0n) is 11.8. The number of ketones is 1. The molecule has 0 aliphatic heterocycles. The fourth-order valence-corrected chi connectivity index (χ4v) is 1.83. The fraction of sp³-hybridized carbons (Fsp3) is 0.429. The van der Waals surface area contributed by atoms with Gasteiger partial charge in [-0.3, -0.25) is 9.59 Å². The SMILES string of the molecule is CC(C)C[C@H](NC(=O)c1cc(O)c(O)c(O)c1)C(=O)CO. The largest absolute Gasteiger partial charge is 0.504 e. The number of phenolic OH excluding ortho intramolecular Hbond substituents is 3. The van der Waals surface area contributed by atoms with Crippen molar-refractivity contribution in [2.75, 3.05) is 6.61 Å². The molecule has 0 heterocycles. The number of hydrogen-bond donors (Lipinski definition) is 5. The summed E-state index contributed by atoms with van der Waals surface area (Å²) < 4.78 is 0. The Hall–Kier alpha value is -2.28. The van der Waals surface area contributed by atoms with E-state index in [1.807, 2.05) is 13.8 Å². The number of Topliss-reactive ketones (excluding diaryl/α,β-unsaturated/α-hetero) is 1. The fourth-order valence-electron chi connectivity index (χ4n) is 1.83. The highest BCUT2D eigenvalue weighted by Crippen LogP contribution is 2.35. The van der Waals surface area contributed by atoms with Gasteiger partial charge in [0, 0.05) is 5.56 Å². The van der Waals surface area contributed by atoms with Crippen LogP contribution in [0.25, 0.3) is 0 Å². The highest BCUT2D eigenvalue weighted by Gasteiger charge is 2.22. The highest BCUT2D eigenvalue weighted by molar-refractivity contribution is 5.99. The zero-order valence-corrected chi connectivity index (χ0v) is 11.8. The molecule has 0 bridgehead atoms. The molecule has 1 rings (SSSR count). The van der Waals surface area contributed by atoms with E-state index in [9.17, 15) is 24.9 Å². The lowest BCUT2D eigenvalue weighted by Crippen LogP contribution is -2.43. The Morgan fingerprint density at radius 2 is 1.67 bits per heavy atom. The van der Waals surface area contributed by atoms with Crippen molar-refractivity contribution in [1.82, 2.24) is 5.32 Å². The Morgan fingerprint density at radius 1 is 1.14 bits per heavy atom. The van der Waals surface area contributed by atoms with E-state index >= 15 is 0 Å². The minimum absolute atomic E-state index is 0.109. The number of benzene rings is 1. The van der Waals surface area contributed by atoms with E-state index in [1.165, 1.54) is 0 Å². The smallest absolute Gasteiger partial charge is 0.252 e. The van der Waals surface area contributed by atoms with Gasteiger partial charge in [0.15, 0.2) is 23.0 Å². The summed E-state index contributed by atoms with van der Waals surface area (Å²) in [6.07, 6.45) is 0.348. The number of aromatic hydroxyl groups is 3. The second kappa shape index (κ2) is 6.94. The predicted octanol–water partition coefficient (Wildman–Crippen LogP) is 0.509. The van der Waals surface area contributed by atoms with Gasteiger partial charge in [-0.05, 0) is 24.5 Å². The van der Waals surface area contributed by atoms with Crippen LogP contribution in [-0.4, -0.2) is 44.8 Å². The number of carbonyl (C=O) groups is 2. The maximum absolute atomic E-state index is 12.0. The van der Waals surface area contributed by atoms with Gasteiger partial charge >= 0.3 is 0 Å². The van der Waals surface area contributed by atoms with Crippen molar-refractivity contribution in [1.29, 1.82) is 0 Å². The normalized spacial score (nSPS) is 12.2. The number of hydrogen-bond acceptors (Lipinski definition) is 6. The lowest BCUT2D eigenvalue weighted by Gasteiger charge is -2.19. The highest BCUT2D eigenvalue weighted by atomic mass is 16.3. The summed E-state index contributed by atoms with van der Waals surface area (Å²) in [7, 11) is 0. The van der Waals surface area contributed by atoms with Gasteiger partial charge < -0.3 is 25.7 Å². The van der Waals surface area contributed by atoms with Gasteiger partial charge in [0.25, 0.3) is 5.91 Å². The molecule has 0 aromatic heterocycles. The molecule has 0 radical (unpaired) electrons. The third-order valence-electron chi connectivity index (χ3n) is 2.89. The molecule has 0 unspecified atom stereocenters. The molecule has 1 aromatic rings. The predicted molar refractivity (Wildman–Crippen MR) is 74.2 cm³/mol. The summed E-state index contributed by atoms with van der Waals surface area (Å²) in [5, 5.41) is 39.3. The van der Waals surface area contributed by atoms with Crippen molar-refractivity contribution in [3.8, 4) is 17.2 Å². The molecule has 0 saturated heterocycles. The van der Waals surface area contributed by atoms with E-state index in [0.717, 1.165) is 12.1 Å². The van der Waals surface area contributed by atoms with Crippen LogP contribution in [0.4, 0.5) is 0 Å². The van der Waals surface area contributed by atoms with Crippen molar-refractivity contribution < 1.29 is 30.0 Å². The van der Waals surface area contributed by atoms with Gasteiger partial charge in [-0.1, -0.05) is 13.8 Å². The molecule has 1 aromatic carbocycles. The van der Waals surface area contributed by atoms with Crippen LogP contribution in [0.15, 0.2) is 12.1 Å². The maximum atomic E-state index is 12.0. The van der Waals surface area contributed by atoms with Crippen molar-refractivity contribution in [2.24, 2.45) is 5.92 Å². The molecular formula is C14H19NO6. The summed E-state index contributed by atoms with van der Waals surface area (Å²) in [4.78, 5) is 23.6. The van der Waals surface area contributed by atoms with Crippen LogP contribution in [0.2, 0.25) is 0 Å². The number of aliphatic hydroxyl groups is 1. The van der Waals surface area contributed by atoms with Crippen molar-refractivity contribution in [3.05, 3.63) is 17.7 Å². The summed E-state index contributed by atoms with van der Waals surface area (Å²) in [5.74, 6) is -3.12. The molecular weight excluding hydrogens is 278 g/mol. The Morgan fingerprint density at radius 3 is 2.10 bits per heavy atom. The number of amides is 1. The average molecular weight is 297 g/mol. The first-order chi connectivity index (χ1) is 9.76. The second-order valence-corrected chi connectivity index (χ2v) is 5.14. The van der Waals surface area contributed by atoms with Crippen LogP contribution in [0.3, 0.4) is 0 Å². The molecule has 7 nitrogen and oxygen atoms in total. The second-order valence-electron chi connectivity index (χ2n) is 5.14. The Bertz CT molecular complexity index is 517. The van der Waals surface area contributed by atoms with E-state index < -0.39 is 41.6 Å². The Labute approximate surface area is 121 Å². The van der Waals surface area contributed by atoms with E-state index in [4.69, 9.17) is 5.11 Å². The van der Waals surface area contributed by atoms with Gasteiger partial charge in [0.2, 0.25) is 0 Å². The first-order valence-corrected chi connectivity index (χ1v) is 6.45. The van der Waals surface area contributed by atoms with E-state index in [2.05, 4.69) is 5.32 Å². The minimum Gasteiger partial charge on any atom is -0.504 e. The minimum atomic E-state index is -0.861. The van der Waals surface area contributed by atoms with Crippen LogP contribution in [0.5, 0.6) is 17.2 Å². The molecule has 1 atom stereocenters. The van der Waals surface area contributed by atoms with Gasteiger partial charge in [-0.2, -0.15) is 0 Å². The quantitative estimate of drug-likeness (QED) is 0.487. The number of rotatable bonds is 6. The molecule has 116 valence electrons. The van der Waals surface area contributed by atoms with Gasteiger partial charge in [0.1, 0.15) is 6.61 Å². The first kappa shape index (κ1) is 16.8. The lowest BCUT2D eigenvalue weighted by atomic mass is 10.00. The average Bonchev–Trinajstić information content (AvgIpc) is 2.41. The zero-order chi connectivity index (χ0) is 16.2. The van der Waals surface area contributed by atoms with Crippen molar-refractivity contribution in [3.63, 3.8) is 0 Å². The van der Waals surface area contributed by atoms with E-state index in [0.29, 0.717) is 6.42 Å². The van der Waals surface area contributed by atoms with Crippen LogP contribution in [0.1, 0.15) is 30.6 Å². The standard InChI is InChI=1S/C14H19NO6/c1-7(2)3-9(12(19)6-16)15-14(21)8-4-10(17)13(20)11(18)5-8/h4-5,7,9,16-18,20H,3,6H2,1-2H3,(H,15,21)/t9-/m0/s1. The number of nitrogens with one attached hydrogen (secondary N) is 1. The molecule has 0 aliphatic carbocycles. The van der Waals surface area contributed by atoms with Crippen LogP contribution in [0, 0.1) is 5.92 Å². The summed E-state index contributed by atoms with van der Waals surface area (Å²) in [6.45, 7) is 3.04. The molecule has 0 saturated carbocycles. The topological polar surface area (TPSA) is 127 Å². The molecule has 0 spiro atoms. The molecule has 1 amide bonds. The van der Waals surface area contributed by atoms with Crippen LogP contribution >= 0.6 is 0 Å². The third kappa shape index (κ3) is 4.35. The molecule has 0 fully saturated rings. The third-order valence-corrected chi connectivity index (χ3v) is 2.89. The van der Waals surface area contributed by atoms with Crippen LogP contribution < -0.4 is 5.32 Å². The van der Waals surface area contributed by atoms with Gasteiger partial charge in [-0.15, -0.1) is 0 Å². The maximum Gasteiger partial charge on any atom is 0.252 e. The van der Waals surface area contributed by atoms with E-state index in [1.54, 1.807) is 0 Å². The molecule has 0 aliphatic rings. The van der Waals surface area contributed by atoms with E-state index in [-0.39, 0.29) is 11.5 Å². The Kier molecular flexibility index (Phi) is 5.54.